The van der Waals surface area contributed by atoms with Gasteiger partial charge in [-0.1, -0.05) is 11.6 Å². The number of benzene rings is 1. The van der Waals surface area contributed by atoms with Gasteiger partial charge in [-0.3, -0.25) is 4.79 Å². The molecule has 2 rings (SSSR count). The summed E-state index contributed by atoms with van der Waals surface area (Å²) in [6.07, 6.45) is -0.794. The molecule has 0 aliphatic carbocycles. The van der Waals surface area contributed by atoms with Gasteiger partial charge in [-0.15, -0.1) is 0 Å². The molecule has 0 saturated heterocycles. The predicted octanol–water partition coefficient (Wildman–Crippen LogP) is -0.0615. The number of ketones is 1. The summed E-state index contributed by atoms with van der Waals surface area (Å²) in [6, 6.07) is 3.00. The molecule has 1 aromatic rings. The highest BCUT2D eigenvalue weighted by atomic mass is 35.5. The summed E-state index contributed by atoms with van der Waals surface area (Å²) in [4.78, 5) is 37.3. The van der Waals surface area contributed by atoms with E-state index in [1.807, 2.05) is 0 Å². The Labute approximate surface area is 137 Å². The van der Waals surface area contributed by atoms with E-state index in [-0.39, 0.29) is 17.4 Å². The third-order valence-corrected chi connectivity index (χ3v) is 3.69. The average Bonchev–Trinajstić information content (AvgIpc) is 2.79. The van der Waals surface area contributed by atoms with Crippen LogP contribution in [0.2, 0.25) is 5.02 Å². The number of esters is 1. The maximum absolute atomic E-state index is 12.5. The third kappa shape index (κ3) is 3.01. The number of nitrogens with zero attached hydrogens (tertiary/aromatic N) is 1. The Kier molecular flexibility index (Phi) is 5.21. The van der Waals surface area contributed by atoms with E-state index in [0.29, 0.717) is 22.5 Å². The van der Waals surface area contributed by atoms with Gasteiger partial charge in [0, 0.05) is 29.6 Å². The van der Waals surface area contributed by atoms with E-state index in [1.54, 1.807) is 37.8 Å². The Bertz CT molecular complexity index is 797. The van der Waals surface area contributed by atoms with Crippen LogP contribution in [0.4, 0.5) is 5.69 Å². The highest BCUT2D eigenvalue weighted by Crippen LogP contribution is 2.26. The zero-order chi connectivity index (χ0) is 17.1. The Morgan fingerprint density at radius 2 is 2.00 bits per heavy atom. The van der Waals surface area contributed by atoms with E-state index in [1.165, 1.54) is 6.07 Å². The normalized spacial score (nSPS) is 16.1. The molecule has 1 heterocycles. The zero-order valence-electron chi connectivity index (χ0n) is 13.0. The van der Waals surface area contributed by atoms with Crippen LogP contribution in [-0.4, -0.2) is 44.2 Å². The van der Waals surface area contributed by atoms with Crippen molar-refractivity contribution < 1.29 is 23.9 Å². The van der Waals surface area contributed by atoms with Crippen molar-refractivity contribution in [2.75, 3.05) is 25.2 Å². The summed E-state index contributed by atoms with van der Waals surface area (Å²) in [5.74, 6) is -0.0588. The Hall–Kier alpha value is -2.14. The second-order valence-electron chi connectivity index (χ2n) is 4.83. The van der Waals surface area contributed by atoms with Crippen molar-refractivity contribution >= 4 is 40.6 Å². The van der Waals surface area contributed by atoms with E-state index in [0.717, 1.165) is 0 Å². The fourth-order valence-electron chi connectivity index (χ4n) is 2.56. The van der Waals surface area contributed by atoms with Crippen LogP contribution in [0.25, 0.3) is 5.57 Å². The van der Waals surface area contributed by atoms with Crippen LogP contribution in [0.1, 0.15) is 13.8 Å². The molecule has 0 aromatic heterocycles. The van der Waals surface area contributed by atoms with Gasteiger partial charge in [-0.2, -0.15) is 0 Å². The van der Waals surface area contributed by atoms with Crippen LogP contribution in [0, 0.1) is 0 Å². The van der Waals surface area contributed by atoms with Crippen LogP contribution in [0.5, 0.6) is 0 Å². The number of hydrogen-bond acceptors (Lipinski definition) is 6. The highest BCUT2D eigenvalue weighted by Gasteiger charge is 2.37. The SMILES string of the molecule is CCOC(=O)C(=O)C1=c2c(cc(Cl)cc2=C=O)N(C)C1OCC. The lowest BCUT2D eigenvalue weighted by Gasteiger charge is -2.24. The van der Waals surface area contributed by atoms with Crippen molar-refractivity contribution in [1.29, 1.82) is 0 Å². The number of fused-ring (bicyclic) bond motifs is 1. The van der Waals surface area contributed by atoms with Crippen molar-refractivity contribution in [3.05, 3.63) is 27.6 Å². The number of rotatable bonds is 5. The van der Waals surface area contributed by atoms with Crippen LogP contribution in [0.15, 0.2) is 12.1 Å². The Morgan fingerprint density at radius 1 is 1.30 bits per heavy atom. The van der Waals surface area contributed by atoms with Crippen molar-refractivity contribution in [1.82, 2.24) is 0 Å². The first kappa shape index (κ1) is 17.2. The number of Topliss-reactive ketones (excluding diaryl/α,β-unsaturated/α-hetero) is 1. The van der Waals surface area contributed by atoms with Crippen LogP contribution in [0.3, 0.4) is 0 Å². The number of halogens is 1. The molecule has 1 aliphatic heterocycles. The van der Waals surface area contributed by atoms with Gasteiger partial charge in [0.2, 0.25) is 0 Å². The van der Waals surface area contributed by atoms with Crippen molar-refractivity contribution in [3.63, 3.8) is 0 Å². The number of hydrogen-bond donors (Lipinski definition) is 0. The maximum Gasteiger partial charge on any atom is 0.379 e. The summed E-state index contributed by atoms with van der Waals surface area (Å²) in [5, 5.41) is 0.742. The van der Waals surface area contributed by atoms with E-state index < -0.39 is 18.0 Å². The van der Waals surface area contributed by atoms with Crippen molar-refractivity contribution in [3.8, 4) is 0 Å². The van der Waals surface area contributed by atoms with Gasteiger partial charge in [0.05, 0.1) is 17.4 Å². The van der Waals surface area contributed by atoms with Gasteiger partial charge < -0.3 is 14.4 Å². The predicted molar refractivity (Wildman–Crippen MR) is 84.4 cm³/mol. The summed E-state index contributed by atoms with van der Waals surface area (Å²) >= 11 is 6.00. The van der Waals surface area contributed by atoms with Gasteiger partial charge in [0.15, 0.2) is 6.23 Å². The first-order valence-corrected chi connectivity index (χ1v) is 7.48. The van der Waals surface area contributed by atoms with Gasteiger partial charge in [-0.05, 0) is 26.0 Å². The molecule has 1 atom stereocenters. The minimum Gasteiger partial charge on any atom is -0.460 e. The van der Waals surface area contributed by atoms with Gasteiger partial charge in [-0.25, -0.2) is 9.59 Å². The lowest BCUT2D eigenvalue weighted by atomic mass is 10.1. The number of carbonyl (C=O) groups excluding carboxylic acids is 3. The quantitative estimate of drug-likeness (QED) is 0.553. The molecule has 0 amide bonds. The molecule has 0 spiro atoms. The topological polar surface area (TPSA) is 72.9 Å². The van der Waals surface area contributed by atoms with Gasteiger partial charge in [0.25, 0.3) is 5.78 Å². The van der Waals surface area contributed by atoms with E-state index in [4.69, 9.17) is 21.1 Å². The summed E-state index contributed by atoms with van der Waals surface area (Å²) < 4.78 is 10.4. The molecule has 1 unspecified atom stereocenters. The van der Waals surface area contributed by atoms with Crippen LogP contribution in [-0.2, 0) is 23.9 Å². The monoisotopic (exact) mass is 337 g/mol. The van der Waals surface area contributed by atoms with Crippen molar-refractivity contribution in [2.24, 2.45) is 0 Å². The molecule has 0 saturated carbocycles. The zero-order valence-corrected chi connectivity index (χ0v) is 13.8. The largest absolute Gasteiger partial charge is 0.460 e. The second kappa shape index (κ2) is 6.96. The smallest absolute Gasteiger partial charge is 0.379 e. The van der Waals surface area contributed by atoms with Crippen LogP contribution >= 0.6 is 11.6 Å². The molecule has 7 heteroatoms. The molecule has 1 aromatic carbocycles. The Morgan fingerprint density at radius 3 is 2.57 bits per heavy atom. The third-order valence-electron chi connectivity index (χ3n) is 3.47. The summed E-state index contributed by atoms with van der Waals surface area (Å²) in [5.41, 5.74) is 0.597. The number of ether oxygens (including phenoxy) is 2. The molecule has 23 heavy (non-hydrogen) atoms. The van der Waals surface area contributed by atoms with Crippen LogP contribution < -0.4 is 15.3 Å². The summed E-state index contributed by atoms with van der Waals surface area (Å²) in [6.45, 7) is 3.77. The molecule has 0 N–H and O–H groups in total. The molecular formula is C16H16ClNO5. The first-order valence-electron chi connectivity index (χ1n) is 7.11. The lowest BCUT2D eigenvalue weighted by Crippen LogP contribution is -2.36. The molecule has 0 fully saturated rings. The van der Waals surface area contributed by atoms with Crippen molar-refractivity contribution in [2.45, 2.75) is 20.1 Å². The summed E-state index contributed by atoms with van der Waals surface area (Å²) in [7, 11) is 1.69. The molecular weight excluding hydrogens is 322 g/mol. The molecule has 0 radical (unpaired) electrons. The molecule has 122 valence electrons. The van der Waals surface area contributed by atoms with E-state index in [2.05, 4.69) is 0 Å². The number of anilines is 1. The average molecular weight is 338 g/mol. The lowest BCUT2D eigenvalue weighted by molar-refractivity contribution is -0.151. The van der Waals surface area contributed by atoms with E-state index >= 15 is 0 Å². The second-order valence-corrected chi connectivity index (χ2v) is 5.27. The van der Waals surface area contributed by atoms with E-state index in [9.17, 15) is 14.4 Å². The minimum absolute atomic E-state index is 0.0674. The Balaban J connectivity index is 2.79. The fourth-order valence-corrected chi connectivity index (χ4v) is 2.78. The molecule has 6 nitrogen and oxygen atoms in total. The maximum atomic E-state index is 12.5. The molecule has 1 aliphatic rings. The number of carbonyl (C=O) groups is 2. The standard InChI is InChI=1S/C16H16ClNO5/c1-4-22-15-13(14(20)16(21)23-5-2)12-9(8-19)6-10(17)7-11(12)18(15)3/h6-7,15H,4-5H2,1-3H3. The minimum atomic E-state index is -0.986. The highest BCUT2D eigenvalue weighted by molar-refractivity contribution is 6.50. The molecule has 0 bridgehead atoms. The first-order chi connectivity index (χ1) is 11.0. The van der Waals surface area contributed by atoms with Gasteiger partial charge in [0.1, 0.15) is 5.94 Å². The fraction of sp³-hybridized carbons (Fsp3) is 0.375. The van der Waals surface area contributed by atoms with Gasteiger partial charge >= 0.3 is 5.97 Å².